The Kier molecular flexibility index (Phi) is 7.23. The van der Waals surface area contributed by atoms with E-state index in [4.69, 9.17) is 4.99 Å². The molecular formula is C32H36N4O5. The number of carboxylic acids is 2. The van der Waals surface area contributed by atoms with Crippen LogP contribution in [0.5, 0.6) is 0 Å². The first-order chi connectivity index (χ1) is 19.5. The zero-order chi connectivity index (χ0) is 29.7. The number of aromatic carboxylic acids is 1. The average molecular weight is 557 g/mol. The Balaban J connectivity index is 1.80. The Bertz CT molecular complexity index is 1630. The number of carbonyl (C=O) groups excluding carboxylic acids is 1. The second-order valence-corrected chi connectivity index (χ2v) is 11.3. The fourth-order valence-electron chi connectivity index (χ4n) is 6.47. The van der Waals surface area contributed by atoms with E-state index < -0.39 is 11.9 Å². The summed E-state index contributed by atoms with van der Waals surface area (Å²) in [5.74, 6) is -2.42. The van der Waals surface area contributed by atoms with Crippen LogP contribution >= 0.6 is 0 Å². The molecule has 5 N–H and O–H groups in total. The van der Waals surface area contributed by atoms with Gasteiger partial charge in [0.15, 0.2) is 6.29 Å². The summed E-state index contributed by atoms with van der Waals surface area (Å²) in [6.07, 6.45) is 5.75. The van der Waals surface area contributed by atoms with E-state index in [0.29, 0.717) is 36.1 Å². The summed E-state index contributed by atoms with van der Waals surface area (Å²) in [5, 5.41) is 23.1. The molecule has 1 saturated heterocycles. The molecule has 3 aliphatic rings. The Hall–Kier alpha value is -4.40. The van der Waals surface area contributed by atoms with Gasteiger partial charge in [-0.25, -0.2) is 4.79 Å². The molecule has 1 fully saturated rings. The fourth-order valence-corrected chi connectivity index (χ4v) is 6.47. The van der Waals surface area contributed by atoms with Gasteiger partial charge in [-0.1, -0.05) is 26.5 Å². The molecular weight excluding hydrogens is 520 g/mol. The van der Waals surface area contributed by atoms with Crippen molar-refractivity contribution in [3.05, 3.63) is 74.3 Å². The number of aromatic amines is 2. The summed E-state index contributed by atoms with van der Waals surface area (Å²) in [6.45, 7) is 14.0. The molecule has 0 aliphatic carbocycles. The molecule has 2 aromatic rings. The normalized spacial score (nSPS) is 21.9. The first-order valence-corrected chi connectivity index (χ1v) is 13.9. The van der Waals surface area contributed by atoms with Crippen molar-refractivity contribution in [3.8, 4) is 0 Å². The van der Waals surface area contributed by atoms with Crippen LogP contribution in [0.1, 0.15) is 83.4 Å². The average Bonchev–Trinajstić information content (AvgIpc) is 3.58. The molecule has 1 unspecified atom stereocenters. The minimum Gasteiger partial charge on any atom is -0.481 e. The fraction of sp³-hybridized carbons (Fsp3) is 0.375. The SMILES string of the molecule is C=Cc1c2[nH]c(c1C)C=C1NC(=C(C=O)c3[nH]c(c(C)c3C(=O)O)CC3=C(C)C(C)C(=N3)C2)[C@@H](CCC(=O)O)[C@@H]1C. The van der Waals surface area contributed by atoms with Crippen LogP contribution in [0.2, 0.25) is 0 Å². The van der Waals surface area contributed by atoms with Crippen LogP contribution in [0, 0.1) is 31.6 Å². The van der Waals surface area contributed by atoms with Gasteiger partial charge in [-0.3, -0.25) is 14.6 Å². The molecule has 41 heavy (non-hydrogen) atoms. The van der Waals surface area contributed by atoms with Crippen molar-refractivity contribution < 1.29 is 24.6 Å². The topological polar surface area (TPSA) is 148 Å². The number of aromatic nitrogens is 2. The lowest BCUT2D eigenvalue weighted by molar-refractivity contribution is -0.137. The maximum atomic E-state index is 12.7. The smallest absolute Gasteiger partial charge is 0.338 e. The highest BCUT2D eigenvalue weighted by Gasteiger charge is 2.37. The second-order valence-electron chi connectivity index (χ2n) is 11.3. The molecule has 8 bridgehead atoms. The highest BCUT2D eigenvalue weighted by atomic mass is 16.4. The Labute approximate surface area is 238 Å². The molecule has 0 radical (unpaired) electrons. The van der Waals surface area contributed by atoms with Crippen LogP contribution in [0.4, 0.5) is 0 Å². The molecule has 0 amide bonds. The van der Waals surface area contributed by atoms with Crippen molar-refractivity contribution in [3.63, 3.8) is 0 Å². The van der Waals surface area contributed by atoms with Crippen molar-refractivity contribution in [2.24, 2.45) is 22.7 Å². The highest BCUT2D eigenvalue weighted by Crippen LogP contribution is 2.42. The number of nitrogens with zero attached hydrogens (tertiary/aromatic N) is 1. The number of carboxylic acid groups (broad SMARTS) is 2. The van der Waals surface area contributed by atoms with Gasteiger partial charge in [0.25, 0.3) is 0 Å². The van der Waals surface area contributed by atoms with Crippen LogP contribution in [-0.2, 0) is 22.4 Å². The third-order valence-electron chi connectivity index (χ3n) is 9.17. The number of fused-ring (bicyclic) bond motifs is 7. The predicted molar refractivity (Wildman–Crippen MR) is 158 cm³/mol. The number of nitrogens with one attached hydrogen (secondary N) is 3. The van der Waals surface area contributed by atoms with E-state index in [0.717, 1.165) is 45.2 Å². The number of hydrogen-bond acceptors (Lipinski definition) is 5. The van der Waals surface area contributed by atoms with Crippen LogP contribution in [0.3, 0.4) is 0 Å². The number of aliphatic carboxylic acids is 1. The molecule has 0 spiro atoms. The van der Waals surface area contributed by atoms with Gasteiger partial charge >= 0.3 is 11.9 Å². The van der Waals surface area contributed by atoms with E-state index in [1.807, 2.05) is 26.0 Å². The van der Waals surface area contributed by atoms with E-state index in [1.165, 1.54) is 0 Å². The largest absolute Gasteiger partial charge is 0.481 e. The first kappa shape index (κ1) is 28.1. The number of aldehydes is 1. The third-order valence-corrected chi connectivity index (χ3v) is 9.17. The monoisotopic (exact) mass is 556 g/mol. The first-order valence-electron chi connectivity index (χ1n) is 13.9. The van der Waals surface area contributed by atoms with Gasteiger partial charge in [0, 0.05) is 76.9 Å². The number of rotatable bonds is 6. The van der Waals surface area contributed by atoms with Crippen molar-refractivity contribution in [1.29, 1.82) is 0 Å². The maximum Gasteiger partial charge on any atom is 0.338 e. The number of hydrogen-bond donors (Lipinski definition) is 5. The van der Waals surface area contributed by atoms with E-state index in [-0.39, 0.29) is 47.4 Å². The number of aliphatic imine (C=N–C) groups is 1. The highest BCUT2D eigenvalue weighted by molar-refractivity contribution is 6.12. The molecule has 3 atom stereocenters. The maximum absolute atomic E-state index is 12.7. The van der Waals surface area contributed by atoms with Gasteiger partial charge in [-0.2, -0.15) is 0 Å². The number of carbonyl (C=O) groups is 3. The zero-order valence-electron chi connectivity index (χ0n) is 24.1. The predicted octanol–water partition coefficient (Wildman–Crippen LogP) is 5.44. The second kappa shape index (κ2) is 10.5. The van der Waals surface area contributed by atoms with Crippen LogP contribution in [0.25, 0.3) is 17.7 Å². The quantitative estimate of drug-likeness (QED) is 0.300. The van der Waals surface area contributed by atoms with Crippen molar-refractivity contribution >= 4 is 41.7 Å². The Morgan fingerprint density at radius 2 is 1.83 bits per heavy atom. The van der Waals surface area contributed by atoms with E-state index in [9.17, 15) is 24.6 Å². The summed E-state index contributed by atoms with van der Waals surface area (Å²) in [5.41, 5.74) is 10.0. The Morgan fingerprint density at radius 3 is 2.46 bits per heavy atom. The van der Waals surface area contributed by atoms with Gasteiger partial charge in [-0.05, 0) is 55.5 Å². The van der Waals surface area contributed by atoms with Gasteiger partial charge in [0.1, 0.15) is 0 Å². The summed E-state index contributed by atoms with van der Waals surface area (Å²) in [6, 6.07) is 0. The van der Waals surface area contributed by atoms with Crippen LogP contribution in [0.15, 0.2) is 34.2 Å². The molecule has 0 aromatic carbocycles. The lowest BCUT2D eigenvalue weighted by Crippen LogP contribution is -2.14. The molecule has 0 saturated carbocycles. The summed E-state index contributed by atoms with van der Waals surface area (Å²) in [7, 11) is 0. The molecule has 9 heteroatoms. The van der Waals surface area contributed by atoms with Crippen molar-refractivity contribution in [2.45, 2.75) is 60.3 Å². The van der Waals surface area contributed by atoms with Crippen LogP contribution < -0.4 is 5.32 Å². The lowest BCUT2D eigenvalue weighted by atomic mass is 9.86. The molecule has 3 aliphatic heterocycles. The van der Waals surface area contributed by atoms with Crippen LogP contribution in [-0.4, -0.2) is 44.1 Å². The zero-order valence-corrected chi connectivity index (χ0v) is 24.1. The van der Waals surface area contributed by atoms with Crippen molar-refractivity contribution in [1.82, 2.24) is 15.3 Å². The van der Waals surface area contributed by atoms with Gasteiger partial charge in [-0.15, -0.1) is 0 Å². The van der Waals surface area contributed by atoms with Crippen molar-refractivity contribution in [2.75, 3.05) is 0 Å². The van der Waals surface area contributed by atoms with Gasteiger partial charge in [0.2, 0.25) is 0 Å². The van der Waals surface area contributed by atoms with E-state index in [1.54, 1.807) is 6.92 Å². The number of allylic oxidation sites excluding steroid dienone is 5. The van der Waals surface area contributed by atoms with E-state index in [2.05, 4.69) is 35.7 Å². The lowest BCUT2D eigenvalue weighted by Gasteiger charge is -2.16. The Morgan fingerprint density at radius 1 is 1.10 bits per heavy atom. The summed E-state index contributed by atoms with van der Waals surface area (Å²) >= 11 is 0. The summed E-state index contributed by atoms with van der Waals surface area (Å²) < 4.78 is 0. The standard InChI is InChI=1S/C32H36N4O5/c1-7-19-16(4)24-11-25-17(5)20(8-9-28(38)39)30(35-25)21(13-37)31-29(32(40)41)18(6)26(36-31)10-22-14(2)15(3)23(33-22)12-27(19)34-24/h7,11,13,15,17,20,34-36H,1,8-10,12H2,2-6H3,(H,38,39)(H,40,41)/t15?,17-,20-/m0/s1. The summed E-state index contributed by atoms with van der Waals surface area (Å²) in [4.78, 5) is 48.7. The minimum atomic E-state index is -1.14. The molecule has 214 valence electrons. The number of H-pyrrole nitrogens is 2. The van der Waals surface area contributed by atoms with Gasteiger partial charge < -0.3 is 25.5 Å². The third kappa shape index (κ3) is 4.69. The molecule has 5 heterocycles. The molecule has 9 nitrogen and oxygen atoms in total. The van der Waals surface area contributed by atoms with E-state index >= 15 is 0 Å². The van der Waals surface area contributed by atoms with Gasteiger partial charge in [0.05, 0.1) is 16.8 Å². The minimum absolute atomic E-state index is 0.0383. The molecule has 5 rings (SSSR count). The molecule has 2 aromatic heterocycles.